The van der Waals surface area contributed by atoms with E-state index in [1.807, 2.05) is 0 Å². The van der Waals surface area contributed by atoms with E-state index in [-0.39, 0.29) is 0 Å². The first-order chi connectivity index (χ1) is 3.41. The molecule has 0 rings (SSSR count). The second kappa shape index (κ2) is 5.34. The van der Waals surface area contributed by atoms with Crippen LogP contribution in [-0.4, -0.2) is 48.1 Å². The zero-order valence-corrected chi connectivity index (χ0v) is 7.14. The molecule has 0 saturated carbocycles. The minimum atomic E-state index is -4.61. The van der Waals surface area contributed by atoms with Crippen molar-refractivity contribution >= 4 is 24.8 Å². The summed E-state index contributed by atoms with van der Waals surface area (Å²) >= 11 is -1.94. The molecule has 8 heteroatoms. The van der Waals surface area contributed by atoms with Crippen LogP contribution in [0.25, 0.3) is 0 Å². The van der Waals surface area contributed by atoms with Crippen LogP contribution in [0.1, 0.15) is 0 Å². The van der Waals surface area contributed by atoms with Crippen molar-refractivity contribution in [2.24, 2.45) is 0 Å². The molecule has 0 unspecified atom stereocenters. The zero-order valence-electron chi connectivity index (χ0n) is 3.72. The molecule has 0 aliphatic rings. The van der Waals surface area contributed by atoms with Crippen molar-refractivity contribution in [3.05, 3.63) is 0 Å². The van der Waals surface area contributed by atoms with Gasteiger partial charge in [-0.15, -0.1) is 0 Å². The van der Waals surface area contributed by atoms with Crippen LogP contribution in [-0.2, 0) is 3.78 Å². The Morgan fingerprint density at radius 3 is 1.12 bits per heavy atom. The van der Waals surface area contributed by atoms with Crippen molar-refractivity contribution in [3.8, 4) is 0 Å². The molecule has 0 heterocycles. The minimum absolute atomic E-state index is 1.94. The van der Waals surface area contributed by atoms with E-state index in [2.05, 4.69) is 0 Å². The van der Waals surface area contributed by atoms with Crippen LogP contribution >= 0.6 is 0 Å². The summed E-state index contributed by atoms with van der Waals surface area (Å²) in [6.45, 7) is 0. The van der Waals surface area contributed by atoms with Gasteiger partial charge in [-0.1, -0.05) is 0 Å². The first-order valence-electron chi connectivity index (χ1n) is 1.39. The Balaban J connectivity index is 0. The molecule has 0 aliphatic carbocycles. The average molecular weight is 203 g/mol. The van der Waals surface area contributed by atoms with Crippen molar-refractivity contribution in [1.29, 1.82) is 0 Å². The van der Waals surface area contributed by atoms with E-state index in [0.717, 1.165) is 0 Å². The summed E-state index contributed by atoms with van der Waals surface area (Å²) < 4.78 is 15.8. The molecule has 0 saturated heterocycles. The summed E-state index contributed by atoms with van der Waals surface area (Å²) in [6, 6.07) is 0. The Hall–Kier alpha value is 0.200. The van der Waals surface area contributed by atoms with Gasteiger partial charge in [-0.2, -0.15) is 0 Å². The van der Waals surface area contributed by atoms with Crippen molar-refractivity contribution in [3.63, 3.8) is 0 Å². The predicted molar refractivity (Wildman–Crippen MR) is 24.7 cm³/mol. The molecular formula is H6GeO6Si. The standard InChI is InChI=1S/GeH2O2.H4O4Si/c2-1-3;1-5(2,3)4/h1-2H;1-4H. The first kappa shape index (κ1) is 11.1. The molecule has 0 aromatic carbocycles. The summed E-state index contributed by atoms with van der Waals surface area (Å²) in [7, 11) is -4.61. The Labute approximate surface area is 52.6 Å². The monoisotopic (exact) mass is 204 g/mol. The van der Waals surface area contributed by atoms with Crippen LogP contribution in [0.5, 0.6) is 0 Å². The van der Waals surface area contributed by atoms with Gasteiger partial charge in [0.2, 0.25) is 0 Å². The quantitative estimate of drug-likeness (QED) is 0.256. The maximum absolute atomic E-state index is 8.64. The summed E-state index contributed by atoms with van der Waals surface area (Å²) in [4.78, 5) is 29.3. The van der Waals surface area contributed by atoms with E-state index in [0.29, 0.717) is 0 Å². The summed E-state index contributed by atoms with van der Waals surface area (Å²) in [5.41, 5.74) is 0. The zero-order chi connectivity index (χ0) is 7.21. The van der Waals surface area contributed by atoms with Crippen molar-refractivity contribution < 1.29 is 27.1 Å². The van der Waals surface area contributed by atoms with Crippen molar-refractivity contribution in [2.45, 2.75) is 0 Å². The third kappa shape index (κ3) is 4200. The average Bonchev–Trinajstić information content (AvgIpc) is 1.27. The Morgan fingerprint density at radius 1 is 1.12 bits per heavy atom. The fraction of sp³-hybridized carbons (Fsp3) is 0. The number of hydrogen-bond donors (Lipinski definition) is 5. The molecule has 0 radical (unpaired) electrons. The van der Waals surface area contributed by atoms with Gasteiger partial charge in [0.1, 0.15) is 0 Å². The Kier molecular flexibility index (Phi) is 7.38. The molecule has 0 bridgehead atoms. The number of hydrogen-bond acceptors (Lipinski definition) is 5. The van der Waals surface area contributed by atoms with Gasteiger partial charge in [0.15, 0.2) is 0 Å². The normalized spacial score (nSPS) is 9.00. The van der Waals surface area contributed by atoms with Crippen LogP contribution in [0.2, 0.25) is 0 Å². The molecule has 5 N–H and O–H groups in total. The van der Waals surface area contributed by atoms with Crippen LogP contribution in [0, 0.1) is 0 Å². The molecule has 0 amide bonds. The third-order valence-corrected chi connectivity index (χ3v) is 0. The molecule has 50 valence electrons. The second-order valence-electron chi connectivity index (χ2n) is 0.705. The SMILES string of the molecule is O[Si](O)(O)O.[O]=[GeH][OH]. The van der Waals surface area contributed by atoms with Crippen LogP contribution in [0.15, 0.2) is 0 Å². The molecule has 0 fully saturated rings. The van der Waals surface area contributed by atoms with Crippen molar-refractivity contribution in [1.82, 2.24) is 0 Å². The number of rotatable bonds is 0. The van der Waals surface area contributed by atoms with Gasteiger partial charge in [-0.25, -0.2) is 0 Å². The summed E-state index contributed by atoms with van der Waals surface area (Å²) in [5.74, 6) is 0. The van der Waals surface area contributed by atoms with Gasteiger partial charge >= 0.3 is 32.7 Å². The second-order valence-corrected chi connectivity index (χ2v) is 2.35. The molecule has 0 atom stereocenters. The molecule has 8 heavy (non-hydrogen) atoms. The third-order valence-electron chi connectivity index (χ3n) is 0. The van der Waals surface area contributed by atoms with Crippen LogP contribution < -0.4 is 0 Å². The fourth-order valence-corrected chi connectivity index (χ4v) is 0. The summed E-state index contributed by atoms with van der Waals surface area (Å²) in [5, 5.41) is 0. The molecule has 0 aliphatic heterocycles. The van der Waals surface area contributed by atoms with Gasteiger partial charge in [0, 0.05) is 0 Å². The van der Waals surface area contributed by atoms with E-state index < -0.39 is 24.8 Å². The maximum atomic E-state index is 8.64. The molecular weight excluding hydrogens is 197 g/mol. The molecule has 0 spiro atoms. The first-order valence-corrected chi connectivity index (χ1v) is 5.25. The fourth-order valence-electron chi connectivity index (χ4n) is 0. The van der Waals surface area contributed by atoms with E-state index in [4.69, 9.17) is 27.1 Å². The van der Waals surface area contributed by atoms with Crippen molar-refractivity contribution in [2.75, 3.05) is 0 Å². The summed E-state index contributed by atoms with van der Waals surface area (Å²) in [6.07, 6.45) is 0. The van der Waals surface area contributed by atoms with E-state index in [9.17, 15) is 0 Å². The molecule has 0 aromatic heterocycles. The Bertz CT molecular complexity index is 48.0. The van der Waals surface area contributed by atoms with E-state index in [1.165, 1.54) is 0 Å². The molecule has 0 aromatic rings. The Morgan fingerprint density at radius 2 is 1.12 bits per heavy atom. The van der Waals surface area contributed by atoms with Gasteiger partial charge in [-0.05, 0) is 0 Å². The van der Waals surface area contributed by atoms with Gasteiger partial charge in [0.25, 0.3) is 0 Å². The van der Waals surface area contributed by atoms with Gasteiger partial charge in [-0.3, -0.25) is 0 Å². The van der Waals surface area contributed by atoms with E-state index >= 15 is 0 Å². The van der Waals surface area contributed by atoms with Gasteiger partial charge < -0.3 is 19.2 Å². The van der Waals surface area contributed by atoms with Crippen LogP contribution in [0.4, 0.5) is 0 Å². The molecule has 6 nitrogen and oxygen atoms in total. The topological polar surface area (TPSA) is 118 Å². The van der Waals surface area contributed by atoms with Crippen LogP contribution in [0.3, 0.4) is 0 Å². The van der Waals surface area contributed by atoms with Gasteiger partial charge in [0.05, 0.1) is 0 Å². The van der Waals surface area contributed by atoms with E-state index in [1.54, 1.807) is 0 Å². The predicted octanol–water partition coefficient (Wildman–Crippen LogP) is -3.93.